The van der Waals surface area contributed by atoms with E-state index in [1.165, 1.54) is 7.11 Å². The van der Waals surface area contributed by atoms with Gasteiger partial charge in [0.15, 0.2) is 0 Å². The predicted molar refractivity (Wildman–Crippen MR) is 77.6 cm³/mol. The molecular weight excluding hydrogens is 274 g/mol. The van der Waals surface area contributed by atoms with Crippen molar-refractivity contribution >= 4 is 17.8 Å². The molecule has 7 nitrogen and oxygen atoms in total. The summed E-state index contributed by atoms with van der Waals surface area (Å²) in [5.41, 5.74) is 0. The lowest BCUT2D eigenvalue weighted by atomic mass is 10.2. The number of hydrogen-bond donors (Lipinski definition) is 0. The molecule has 0 aromatic carbocycles. The quantitative estimate of drug-likeness (QED) is 0.622. The number of esters is 1. The van der Waals surface area contributed by atoms with Gasteiger partial charge in [0, 0.05) is 45.6 Å². The minimum atomic E-state index is -0.374. The molecule has 0 N–H and O–H groups in total. The third-order valence-corrected chi connectivity index (χ3v) is 3.53. The van der Waals surface area contributed by atoms with Gasteiger partial charge in [0.25, 0.3) is 0 Å². The molecule has 1 aliphatic rings. The van der Waals surface area contributed by atoms with Crippen LogP contribution in [-0.4, -0.2) is 86.4 Å². The highest BCUT2D eigenvalue weighted by Gasteiger charge is 2.24. The Bertz CT molecular complexity index is 376. The van der Waals surface area contributed by atoms with E-state index in [2.05, 4.69) is 4.74 Å². The molecule has 1 fully saturated rings. The molecule has 21 heavy (non-hydrogen) atoms. The Morgan fingerprint density at radius 1 is 0.905 bits per heavy atom. The zero-order chi connectivity index (χ0) is 15.8. The van der Waals surface area contributed by atoms with Crippen molar-refractivity contribution in [2.75, 3.05) is 53.9 Å². The molecule has 1 aliphatic heterocycles. The van der Waals surface area contributed by atoms with Crippen LogP contribution in [0.3, 0.4) is 0 Å². The van der Waals surface area contributed by atoms with Crippen LogP contribution in [-0.2, 0) is 19.1 Å². The Labute approximate surface area is 125 Å². The predicted octanol–water partition coefficient (Wildman–Crippen LogP) is -0.438. The van der Waals surface area contributed by atoms with Gasteiger partial charge >= 0.3 is 5.97 Å². The van der Waals surface area contributed by atoms with E-state index in [0.717, 1.165) is 6.54 Å². The molecule has 7 heteroatoms. The molecule has 0 unspecified atom stereocenters. The standard InChI is InChI=1S/C14H25N3O4/c1-15(2)7-6-13(19)17-10-8-16(9-11-17)12(18)4-5-14(20)21-3/h4-11H2,1-3H3. The van der Waals surface area contributed by atoms with Crippen molar-refractivity contribution in [2.45, 2.75) is 19.3 Å². The SMILES string of the molecule is COC(=O)CCC(=O)N1CCN(C(=O)CCN(C)C)CC1. The van der Waals surface area contributed by atoms with Gasteiger partial charge in [-0.05, 0) is 14.1 Å². The summed E-state index contributed by atoms with van der Waals surface area (Å²) in [4.78, 5) is 40.4. The molecule has 0 atom stereocenters. The van der Waals surface area contributed by atoms with E-state index in [4.69, 9.17) is 0 Å². The summed E-state index contributed by atoms with van der Waals surface area (Å²) in [6.45, 7) is 2.94. The molecule has 2 amide bonds. The van der Waals surface area contributed by atoms with Gasteiger partial charge in [-0.25, -0.2) is 0 Å². The fourth-order valence-corrected chi connectivity index (χ4v) is 2.15. The number of piperazine rings is 1. The Balaban J connectivity index is 2.29. The second-order valence-electron chi connectivity index (χ2n) is 5.39. The summed E-state index contributed by atoms with van der Waals surface area (Å²) < 4.78 is 4.52. The number of carbonyl (C=O) groups is 3. The lowest BCUT2D eigenvalue weighted by Gasteiger charge is -2.35. The first kappa shape index (κ1) is 17.4. The molecule has 0 radical (unpaired) electrons. The molecule has 0 spiro atoms. The maximum atomic E-state index is 12.0. The normalized spacial score (nSPS) is 15.2. The summed E-state index contributed by atoms with van der Waals surface area (Å²) in [7, 11) is 5.18. The maximum Gasteiger partial charge on any atom is 0.306 e. The van der Waals surface area contributed by atoms with Gasteiger partial charge in [0.05, 0.1) is 13.5 Å². The summed E-state index contributed by atoms with van der Waals surface area (Å²) in [5, 5.41) is 0. The summed E-state index contributed by atoms with van der Waals surface area (Å²) >= 11 is 0. The van der Waals surface area contributed by atoms with Crippen LogP contribution < -0.4 is 0 Å². The third-order valence-electron chi connectivity index (χ3n) is 3.53. The van der Waals surface area contributed by atoms with E-state index in [1.54, 1.807) is 9.80 Å². The summed E-state index contributed by atoms with van der Waals surface area (Å²) in [5.74, 6) is -0.299. The molecule has 1 rings (SSSR count). The fourth-order valence-electron chi connectivity index (χ4n) is 2.15. The first-order valence-corrected chi connectivity index (χ1v) is 7.21. The van der Waals surface area contributed by atoms with E-state index in [1.807, 2.05) is 19.0 Å². The topological polar surface area (TPSA) is 70.2 Å². The lowest BCUT2D eigenvalue weighted by Crippen LogP contribution is -2.50. The van der Waals surface area contributed by atoms with Gasteiger partial charge in [-0.1, -0.05) is 0 Å². The minimum Gasteiger partial charge on any atom is -0.469 e. The highest BCUT2D eigenvalue weighted by atomic mass is 16.5. The van der Waals surface area contributed by atoms with Crippen LogP contribution in [0.4, 0.5) is 0 Å². The number of amides is 2. The van der Waals surface area contributed by atoms with E-state index >= 15 is 0 Å². The number of rotatable bonds is 6. The molecule has 120 valence electrons. The smallest absolute Gasteiger partial charge is 0.306 e. The molecular formula is C14H25N3O4. The zero-order valence-electron chi connectivity index (χ0n) is 13.1. The van der Waals surface area contributed by atoms with Gasteiger partial charge in [-0.2, -0.15) is 0 Å². The van der Waals surface area contributed by atoms with Gasteiger partial charge in [-0.15, -0.1) is 0 Å². The van der Waals surface area contributed by atoms with Crippen LogP contribution in [0.15, 0.2) is 0 Å². The monoisotopic (exact) mass is 299 g/mol. The van der Waals surface area contributed by atoms with E-state index < -0.39 is 0 Å². The summed E-state index contributed by atoms with van der Waals surface area (Å²) in [6, 6.07) is 0. The van der Waals surface area contributed by atoms with Crippen molar-refractivity contribution in [3.63, 3.8) is 0 Å². The number of methoxy groups -OCH3 is 1. The molecule has 1 heterocycles. The first-order chi connectivity index (χ1) is 9.93. The molecule has 0 aromatic heterocycles. The van der Waals surface area contributed by atoms with E-state index in [-0.39, 0.29) is 30.6 Å². The zero-order valence-corrected chi connectivity index (χ0v) is 13.1. The first-order valence-electron chi connectivity index (χ1n) is 7.21. The Hall–Kier alpha value is -1.63. The number of ether oxygens (including phenoxy) is 1. The van der Waals surface area contributed by atoms with Gasteiger partial charge < -0.3 is 19.4 Å². The summed E-state index contributed by atoms with van der Waals surface area (Å²) in [6.07, 6.45) is 0.780. The van der Waals surface area contributed by atoms with E-state index in [0.29, 0.717) is 32.6 Å². The number of carbonyl (C=O) groups excluding carboxylic acids is 3. The molecule has 0 saturated carbocycles. The molecule has 1 saturated heterocycles. The van der Waals surface area contributed by atoms with E-state index in [9.17, 15) is 14.4 Å². The lowest BCUT2D eigenvalue weighted by molar-refractivity contribution is -0.144. The highest BCUT2D eigenvalue weighted by molar-refractivity contribution is 5.82. The van der Waals surface area contributed by atoms with Crippen LogP contribution in [0.1, 0.15) is 19.3 Å². The molecule has 0 aliphatic carbocycles. The second-order valence-corrected chi connectivity index (χ2v) is 5.39. The minimum absolute atomic E-state index is 0.0548. The fraction of sp³-hybridized carbons (Fsp3) is 0.786. The average Bonchev–Trinajstić information content (AvgIpc) is 2.49. The van der Waals surface area contributed by atoms with Crippen molar-refractivity contribution in [1.82, 2.24) is 14.7 Å². The third kappa shape index (κ3) is 6.12. The highest BCUT2D eigenvalue weighted by Crippen LogP contribution is 2.07. The van der Waals surface area contributed by atoms with Crippen LogP contribution in [0, 0.1) is 0 Å². The van der Waals surface area contributed by atoms with Crippen molar-refractivity contribution in [2.24, 2.45) is 0 Å². The maximum absolute atomic E-state index is 12.0. The van der Waals surface area contributed by atoms with Crippen LogP contribution in [0.2, 0.25) is 0 Å². The van der Waals surface area contributed by atoms with Gasteiger partial charge in [0.2, 0.25) is 11.8 Å². The van der Waals surface area contributed by atoms with Crippen molar-refractivity contribution < 1.29 is 19.1 Å². The molecule has 0 aromatic rings. The van der Waals surface area contributed by atoms with Gasteiger partial charge in [-0.3, -0.25) is 14.4 Å². The van der Waals surface area contributed by atoms with Crippen molar-refractivity contribution in [3.8, 4) is 0 Å². The van der Waals surface area contributed by atoms with Gasteiger partial charge in [0.1, 0.15) is 0 Å². The molecule has 0 bridgehead atoms. The van der Waals surface area contributed by atoms with Crippen molar-refractivity contribution in [3.05, 3.63) is 0 Å². The average molecular weight is 299 g/mol. The Kier molecular flexibility index (Phi) is 7.14. The Morgan fingerprint density at radius 2 is 1.38 bits per heavy atom. The largest absolute Gasteiger partial charge is 0.469 e. The van der Waals surface area contributed by atoms with Crippen molar-refractivity contribution in [1.29, 1.82) is 0 Å². The second kappa shape index (κ2) is 8.61. The van der Waals surface area contributed by atoms with Crippen LogP contribution >= 0.6 is 0 Å². The number of hydrogen-bond acceptors (Lipinski definition) is 5. The Morgan fingerprint density at radius 3 is 1.81 bits per heavy atom. The number of nitrogens with zero attached hydrogens (tertiary/aromatic N) is 3. The van der Waals surface area contributed by atoms with Crippen LogP contribution in [0.25, 0.3) is 0 Å². The van der Waals surface area contributed by atoms with Crippen LogP contribution in [0.5, 0.6) is 0 Å².